The first-order chi connectivity index (χ1) is 11.3. The molecule has 1 amide bonds. The van der Waals surface area contributed by atoms with Crippen LogP contribution in [0.3, 0.4) is 0 Å². The molecule has 0 saturated heterocycles. The summed E-state index contributed by atoms with van der Waals surface area (Å²) in [5.74, 6) is 0.581. The molecule has 1 heterocycles. The Morgan fingerprint density at radius 3 is 2.26 bits per heavy atom. The van der Waals surface area contributed by atoms with E-state index in [-0.39, 0.29) is 5.92 Å². The molecule has 0 bridgehead atoms. The molecule has 2 aromatic rings. The molecular weight excluding hydrogens is 288 g/mol. The third kappa shape index (κ3) is 3.47. The molecule has 0 radical (unpaired) electrons. The van der Waals surface area contributed by atoms with Gasteiger partial charge >= 0.3 is 6.09 Å². The third-order valence-electron chi connectivity index (χ3n) is 3.49. The summed E-state index contributed by atoms with van der Waals surface area (Å²) in [4.78, 5) is 13.5. The summed E-state index contributed by atoms with van der Waals surface area (Å²) < 4.78 is 5.27. The number of ether oxygens (including phenoxy) is 1. The summed E-state index contributed by atoms with van der Waals surface area (Å²) in [6.45, 7) is 0. The second kappa shape index (κ2) is 6.63. The van der Waals surface area contributed by atoms with Gasteiger partial charge in [-0.15, -0.1) is 0 Å². The first-order valence-corrected chi connectivity index (χ1v) is 7.18. The van der Waals surface area contributed by atoms with E-state index in [9.17, 15) is 4.79 Å². The van der Waals surface area contributed by atoms with Crippen LogP contribution < -0.4 is 4.74 Å². The second-order valence-electron chi connectivity index (χ2n) is 5.03. The maximum absolute atomic E-state index is 12.1. The summed E-state index contributed by atoms with van der Waals surface area (Å²) in [5, 5.41) is 8.82. The van der Waals surface area contributed by atoms with Crippen LogP contribution >= 0.6 is 0 Å². The Morgan fingerprint density at radius 1 is 1.00 bits per heavy atom. The average molecular weight is 302 g/mol. The topological polar surface area (TPSA) is 53.3 Å². The molecule has 4 nitrogen and oxygen atoms in total. The first-order valence-electron chi connectivity index (χ1n) is 7.18. The number of rotatable bonds is 2. The molecular formula is C19H14N2O2. The van der Waals surface area contributed by atoms with Gasteiger partial charge in [0.2, 0.25) is 0 Å². The highest BCUT2D eigenvalue weighted by molar-refractivity contribution is 5.73. The predicted octanol–water partition coefficient (Wildman–Crippen LogP) is 4.18. The van der Waals surface area contributed by atoms with E-state index in [2.05, 4.69) is 6.07 Å². The smallest absolute Gasteiger partial charge is 0.410 e. The fourth-order valence-electron chi connectivity index (χ4n) is 2.25. The van der Waals surface area contributed by atoms with Crippen molar-refractivity contribution in [1.29, 1.82) is 5.26 Å². The van der Waals surface area contributed by atoms with Gasteiger partial charge in [-0.2, -0.15) is 5.26 Å². The van der Waals surface area contributed by atoms with E-state index in [1.165, 1.54) is 4.90 Å². The number of para-hydroxylation sites is 1. The Kier molecular flexibility index (Phi) is 4.21. The van der Waals surface area contributed by atoms with E-state index < -0.39 is 6.09 Å². The van der Waals surface area contributed by atoms with E-state index in [4.69, 9.17) is 10.00 Å². The molecule has 112 valence electrons. The van der Waals surface area contributed by atoms with Gasteiger partial charge < -0.3 is 4.74 Å². The standard InChI is InChI=1S/C19H14N2O2/c20-14-15-6-8-16(9-7-15)17-10-12-21(13-11-17)19(22)23-18-4-2-1-3-5-18/h1-13,17H. The highest BCUT2D eigenvalue weighted by Crippen LogP contribution is 2.23. The Labute approximate surface area is 134 Å². The van der Waals surface area contributed by atoms with Crippen LogP contribution in [0, 0.1) is 11.3 Å². The summed E-state index contributed by atoms with van der Waals surface area (Å²) in [7, 11) is 0. The van der Waals surface area contributed by atoms with E-state index in [1.54, 1.807) is 36.7 Å². The lowest BCUT2D eigenvalue weighted by Crippen LogP contribution is -2.25. The van der Waals surface area contributed by atoms with Crippen molar-refractivity contribution >= 4 is 6.09 Å². The van der Waals surface area contributed by atoms with Crippen molar-refractivity contribution in [3.63, 3.8) is 0 Å². The van der Waals surface area contributed by atoms with Crippen LogP contribution in [0.2, 0.25) is 0 Å². The highest BCUT2D eigenvalue weighted by atomic mass is 16.6. The second-order valence-corrected chi connectivity index (χ2v) is 5.03. The zero-order valence-corrected chi connectivity index (χ0v) is 12.3. The van der Waals surface area contributed by atoms with Crippen LogP contribution in [0.5, 0.6) is 5.75 Å². The average Bonchev–Trinajstić information content (AvgIpc) is 2.63. The SMILES string of the molecule is N#Cc1ccc(C2C=CN(C(=O)Oc3ccccc3)C=C2)cc1. The van der Waals surface area contributed by atoms with Gasteiger partial charge in [0, 0.05) is 18.3 Å². The number of benzene rings is 2. The van der Waals surface area contributed by atoms with Crippen molar-refractivity contribution in [3.8, 4) is 11.8 Å². The van der Waals surface area contributed by atoms with Gasteiger partial charge in [-0.05, 0) is 29.8 Å². The summed E-state index contributed by atoms with van der Waals surface area (Å²) in [6.07, 6.45) is 6.74. The number of hydrogen-bond donors (Lipinski definition) is 0. The molecule has 0 aromatic heterocycles. The lowest BCUT2D eigenvalue weighted by atomic mass is 9.97. The van der Waals surface area contributed by atoms with Gasteiger partial charge in [-0.1, -0.05) is 42.5 Å². The van der Waals surface area contributed by atoms with Crippen molar-refractivity contribution in [3.05, 3.63) is 90.3 Å². The van der Waals surface area contributed by atoms with E-state index in [1.807, 2.05) is 42.5 Å². The molecule has 0 N–H and O–H groups in total. The van der Waals surface area contributed by atoms with Crippen molar-refractivity contribution in [2.75, 3.05) is 0 Å². The molecule has 0 fully saturated rings. The molecule has 2 aromatic carbocycles. The number of amides is 1. The minimum absolute atomic E-state index is 0.0727. The fraction of sp³-hybridized carbons (Fsp3) is 0.0526. The maximum Gasteiger partial charge on any atom is 0.423 e. The molecule has 4 heteroatoms. The minimum atomic E-state index is -0.457. The number of nitriles is 1. The molecule has 0 atom stereocenters. The molecule has 0 aliphatic carbocycles. The van der Waals surface area contributed by atoms with Crippen molar-refractivity contribution in [1.82, 2.24) is 4.90 Å². The number of nitrogens with zero attached hydrogens (tertiary/aromatic N) is 2. The Morgan fingerprint density at radius 2 is 1.65 bits per heavy atom. The number of carbonyl (C=O) groups is 1. The van der Waals surface area contributed by atoms with Gasteiger partial charge in [-0.3, -0.25) is 4.90 Å². The van der Waals surface area contributed by atoms with E-state index >= 15 is 0 Å². The monoisotopic (exact) mass is 302 g/mol. The summed E-state index contributed by atoms with van der Waals surface area (Å²) in [5.41, 5.74) is 1.69. The fourth-order valence-corrected chi connectivity index (χ4v) is 2.25. The number of carbonyl (C=O) groups excluding carboxylic acids is 1. The van der Waals surface area contributed by atoms with Crippen LogP contribution in [-0.4, -0.2) is 11.0 Å². The molecule has 23 heavy (non-hydrogen) atoms. The van der Waals surface area contributed by atoms with Crippen LogP contribution in [-0.2, 0) is 0 Å². The van der Waals surface area contributed by atoms with Gasteiger partial charge in [0.25, 0.3) is 0 Å². The summed E-state index contributed by atoms with van der Waals surface area (Å²) in [6, 6.07) is 18.4. The predicted molar refractivity (Wildman–Crippen MR) is 86.5 cm³/mol. The first kappa shape index (κ1) is 14.6. The Bertz CT molecular complexity index is 772. The molecule has 0 saturated carbocycles. The van der Waals surface area contributed by atoms with Crippen molar-refractivity contribution in [2.45, 2.75) is 5.92 Å². The van der Waals surface area contributed by atoms with Crippen LogP contribution in [0.15, 0.2) is 79.1 Å². The lowest BCUT2D eigenvalue weighted by molar-refractivity contribution is 0.181. The molecule has 3 rings (SSSR count). The third-order valence-corrected chi connectivity index (χ3v) is 3.49. The quantitative estimate of drug-likeness (QED) is 0.836. The zero-order chi connectivity index (χ0) is 16.1. The van der Waals surface area contributed by atoms with E-state index in [0.29, 0.717) is 11.3 Å². The molecule has 0 spiro atoms. The van der Waals surface area contributed by atoms with E-state index in [0.717, 1.165) is 5.56 Å². The van der Waals surface area contributed by atoms with Crippen molar-refractivity contribution < 1.29 is 9.53 Å². The molecule has 1 aliphatic rings. The van der Waals surface area contributed by atoms with Gasteiger partial charge in [-0.25, -0.2) is 4.79 Å². The zero-order valence-electron chi connectivity index (χ0n) is 12.3. The van der Waals surface area contributed by atoms with Crippen molar-refractivity contribution in [2.24, 2.45) is 0 Å². The van der Waals surface area contributed by atoms with Crippen LogP contribution in [0.1, 0.15) is 17.0 Å². The van der Waals surface area contributed by atoms with Gasteiger partial charge in [0.15, 0.2) is 0 Å². The molecule has 0 unspecified atom stereocenters. The van der Waals surface area contributed by atoms with Crippen LogP contribution in [0.4, 0.5) is 4.79 Å². The number of hydrogen-bond acceptors (Lipinski definition) is 3. The summed E-state index contributed by atoms with van der Waals surface area (Å²) >= 11 is 0. The van der Waals surface area contributed by atoms with Gasteiger partial charge in [0.05, 0.1) is 11.6 Å². The Hall–Kier alpha value is -3.32. The van der Waals surface area contributed by atoms with Crippen LogP contribution in [0.25, 0.3) is 0 Å². The highest BCUT2D eigenvalue weighted by Gasteiger charge is 2.16. The van der Waals surface area contributed by atoms with Gasteiger partial charge in [0.1, 0.15) is 5.75 Å². The largest absolute Gasteiger partial charge is 0.423 e. The normalized spacial score (nSPS) is 13.6. The maximum atomic E-state index is 12.1. The molecule has 1 aliphatic heterocycles. The Balaban J connectivity index is 1.65. The number of allylic oxidation sites excluding steroid dienone is 2. The minimum Gasteiger partial charge on any atom is -0.410 e. The lowest BCUT2D eigenvalue weighted by Gasteiger charge is -2.20.